The van der Waals surface area contributed by atoms with Crippen LogP contribution in [-0.4, -0.2) is 43.7 Å². The Kier molecular flexibility index (Phi) is 6.01. The molecule has 1 N–H and O–H groups in total. The van der Waals surface area contributed by atoms with E-state index in [4.69, 9.17) is 4.74 Å². The van der Waals surface area contributed by atoms with Crippen LogP contribution in [-0.2, 0) is 4.79 Å². The van der Waals surface area contributed by atoms with Gasteiger partial charge in [0.15, 0.2) is 11.5 Å². The second-order valence-corrected chi connectivity index (χ2v) is 5.53. The van der Waals surface area contributed by atoms with Gasteiger partial charge in [0, 0.05) is 24.3 Å². The van der Waals surface area contributed by atoms with Crippen LogP contribution in [0.4, 0.5) is 14.5 Å². The number of likely N-dealkylation sites (tertiary alicyclic amines) is 1. The average molecular weight is 328 g/mol. The number of anilines is 1. The van der Waals surface area contributed by atoms with Gasteiger partial charge in [0.1, 0.15) is 0 Å². The SMILES string of the molecule is COc1ccc(NCC(=O)N2CCCCC2C)cc1OC(F)F. The number of ether oxygens (including phenoxy) is 2. The molecule has 1 fully saturated rings. The lowest BCUT2D eigenvalue weighted by molar-refractivity contribution is -0.132. The molecule has 1 heterocycles. The van der Waals surface area contributed by atoms with E-state index in [2.05, 4.69) is 10.1 Å². The van der Waals surface area contributed by atoms with Crippen molar-refractivity contribution in [2.45, 2.75) is 38.8 Å². The number of alkyl halides is 2. The Morgan fingerprint density at radius 3 is 2.83 bits per heavy atom. The fourth-order valence-electron chi connectivity index (χ4n) is 2.72. The third kappa shape index (κ3) is 4.71. The molecule has 1 aromatic rings. The van der Waals surface area contributed by atoms with Crippen molar-refractivity contribution in [1.29, 1.82) is 0 Å². The van der Waals surface area contributed by atoms with Crippen LogP contribution in [0.3, 0.4) is 0 Å². The monoisotopic (exact) mass is 328 g/mol. The minimum atomic E-state index is -2.94. The van der Waals surface area contributed by atoms with Crippen LogP contribution >= 0.6 is 0 Å². The lowest BCUT2D eigenvalue weighted by atomic mass is 10.0. The third-order valence-electron chi connectivity index (χ3n) is 3.95. The van der Waals surface area contributed by atoms with Crippen LogP contribution in [0.1, 0.15) is 26.2 Å². The minimum absolute atomic E-state index is 0.00402. The molecule has 0 aromatic heterocycles. The summed E-state index contributed by atoms with van der Waals surface area (Å²) in [5.41, 5.74) is 0.527. The molecular weight excluding hydrogens is 306 g/mol. The van der Waals surface area contributed by atoms with Crippen molar-refractivity contribution in [2.75, 3.05) is 25.5 Å². The molecule has 7 heteroatoms. The molecule has 1 saturated heterocycles. The van der Waals surface area contributed by atoms with Gasteiger partial charge in [-0.1, -0.05) is 0 Å². The average Bonchev–Trinajstić information content (AvgIpc) is 2.52. The Labute approximate surface area is 134 Å². The largest absolute Gasteiger partial charge is 0.493 e. The van der Waals surface area contributed by atoms with Gasteiger partial charge in [-0.3, -0.25) is 4.79 Å². The molecule has 1 unspecified atom stereocenters. The molecule has 0 bridgehead atoms. The van der Waals surface area contributed by atoms with Crippen LogP contribution in [0.15, 0.2) is 18.2 Å². The van der Waals surface area contributed by atoms with E-state index in [9.17, 15) is 13.6 Å². The van der Waals surface area contributed by atoms with E-state index in [0.29, 0.717) is 5.69 Å². The number of hydrogen-bond acceptors (Lipinski definition) is 4. The number of benzene rings is 1. The van der Waals surface area contributed by atoms with Gasteiger partial charge in [-0.2, -0.15) is 8.78 Å². The van der Waals surface area contributed by atoms with Gasteiger partial charge < -0.3 is 19.7 Å². The van der Waals surface area contributed by atoms with Crippen molar-refractivity contribution in [3.8, 4) is 11.5 Å². The number of nitrogens with zero attached hydrogens (tertiary/aromatic N) is 1. The van der Waals surface area contributed by atoms with Gasteiger partial charge in [0.05, 0.1) is 13.7 Å². The molecule has 0 radical (unpaired) electrons. The van der Waals surface area contributed by atoms with Gasteiger partial charge in [-0.05, 0) is 38.3 Å². The van der Waals surface area contributed by atoms with E-state index in [-0.39, 0.29) is 30.0 Å². The number of hydrogen-bond donors (Lipinski definition) is 1. The summed E-state index contributed by atoms with van der Waals surface area (Å²) in [7, 11) is 1.38. The summed E-state index contributed by atoms with van der Waals surface area (Å²) >= 11 is 0. The number of methoxy groups -OCH3 is 1. The fourth-order valence-corrected chi connectivity index (χ4v) is 2.72. The van der Waals surface area contributed by atoms with Crippen LogP contribution < -0.4 is 14.8 Å². The van der Waals surface area contributed by atoms with Crippen molar-refractivity contribution in [2.24, 2.45) is 0 Å². The molecule has 1 aliphatic rings. The molecular formula is C16H22F2N2O3. The van der Waals surface area contributed by atoms with Crippen LogP contribution in [0.25, 0.3) is 0 Å². The highest BCUT2D eigenvalue weighted by Crippen LogP contribution is 2.31. The standard InChI is InChI=1S/C16H22F2N2O3/c1-11-5-3-4-8-20(11)15(21)10-19-12-6-7-13(22-2)14(9-12)23-16(17)18/h6-7,9,11,16,19H,3-5,8,10H2,1-2H3. The zero-order chi connectivity index (χ0) is 16.8. The van der Waals surface area contributed by atoms with Crippen molar-refractivity contribution in [3.63, 3.8) is 0 Å². The zero-order valence-electron chi connectivity index (χ0n) is 13.4. The van der Waals surface area contributed by atoms with E-state index in [1.165, 1.54) is 19.2 Å². The van der Waals surface area contributed by atoms with E-state index < -0.39 is 6.61 Å². The Morgan fingerprint density at radius 1 is 1.39 bits per heavy atom. The quantitative estimate of drug-likeness (QED) is 0.872. The number of nitrogens with one attached hydrogen (secondary N) is 1. The highest BCUT2D eigenvalue weighted by atomic mass is 19.3. The summed E-state index contributed by atoms with van der Waals surface area (Å²) in [6.45, 7) is -0.0108. The van der Waals surface area contributed by atoms with Crippen LogP contribution in [0.2, 0.25) is 0 Å². The van der Waals surface area contributed by atoms with E-state index >= 15 is 0 Å². The van der Waals surface area contributed by atoms with Gasteiger partial charge in [0.25, 0.3) is 0 Å². The topological polar surface area (TPSA) is 50.8 Å². The highest BCUT2D eigenvalue weighted by molar-refractivity contribution is 5.81. The molecule has 23 heavy (non-hydrogen) atoms. The maximum Gasteiger partial charge on any atom is 0.387 e. The predicted octanol–water partition coefficient (Wildman–Crippen LogP) is 3.11. The lowest BCUT2D eigenvalue weighted by Crippen LogP contribution is -2.44. The highest BCUT2D eigenvalue weighted by Gasteiger charge is 2.22. The first-order valence-corrected chi connectivity index (χ1v) is 7.67. The number of amides is 1. The molecule has 0 saturated carbocycles. The van der Waals surface area contributed by atoms with Crippen LogP contribution in [0.5, 0.6) is 11.5 Å². The van der Waals surface area contributed by atoms with Crippen molar-refractivity contribution in [3.05, 3.63) is 18.2 Å². The first-order chi connectivity index (χ1) is 11.0. The summed E-state index contributed by atoms with van der Waals surface area (Å²) in [6.07, 6.45) is 3.18. The maximum atomic E-state index is 12.4. The predicted molar refractivity (Wildman–Crippen MR) is 83.1 cm³/mol. The summed E-state index contributed by atoms with van der Waals surface area (Å²) in [5, 5.41) is 2.96. The van der Waals surface area contributed by atoms with Crippen molar-refractivity contribution >= 4 is 11.6 Å². The second-order valence-electron chi connectivity index (χ2n) is 5.53. The van der Waals surface area contributed by atoms with E-state index in [0.717, 1.165) is 25.8 Å². The van der Waals surface area contributed by atoms with Crippen molar-refractivity contribution in [1.82, 2.24) is 4.90 Å². The third-order valence-corrected chi connectivity index (χ3v) is 3.95. The zero-order valence-corrected chi connectivity index (χ0v) is 13.4. The number of halogens is 2. The molecule has 1 aliphatic heterocycles. The Balaban J connectivity index is 1.98. The Hall–Kier alpha value is -2.05. The molecule has 0 aliphatic carbocycles. The molecule has 2 rings (SSSR count). The normalized spacial score (nSPS) is 18.0. The number of rotatable bonds is 6. The summed E-state index contributed by atoms with van der Waals surface area (Å²) in [4.78, 5) is 14.1. The molecule has 128 valence electrons. The van der Waals surface area contributed by atoms with Gasteiger partial charge in [0.2, 0.25) is 5.91 Å². The van der Waals surface area contributed by atoms with E-state index in [1.807, 2.05) is 11.8 Å². The Morgan fingerprint density at radius 2 is 2.17 bits per heavy atom. The summed E-state index contributed by atoms with van der Waals surface area (Å²) in [5.74, 6) is 0.155. The first-order valence-electron chi connectivity index (χ1n) is 7.67. The molecule has 5 nitrogen and oxygen atoms in total. The van der Waals surface area contributed by atoms with Crippen molar-refractivity contribution < 1.29 is 23.0 Å². The molecule has 0 spiro atoms. The number of carbonyl (C=O) groups excluding carboxylic acids is 1. The first kappa shape index (κ1) is 17.3. The fraction of sp³-hybridized carbons (Fsp3) is 0.562. The minimum Gasteiger partial charge on any atom is -0.493 e. The molecule has 1 atom stereocenters. The Bertz CT molecular complexity index is 540. The van der Waals surface area contributed by atoms with Gasteiger partial charge >= 0.3 is 6.61 Å². The second kappa shape index (κ2) is 7.99. The van der Waals surface area contributed by atoms with Crippen LogP contribution in [0, 0.1) is 0 Å². The van der Waals surface area contributed by atoms with Gasteiger partial charge in [-0.15, -0.1) is 0 Å². The molecule has 1 aromatic carbocycles. The summed E-state index contributed by atoms with van der Waals surface area (Å²) in [6, 6.07) is 4.82. The molecule has 1 amide bonds. The number of carbonyl (C=O) groups is 1. The number of piperidine rings is 1. The smallest absolute Gasteiger partial charge is 0.387 e. The lowest BCUT2D eigenvalue weighted by Gasteiger charge is -2.33. The van der Waals surface area contributed by atoms with Gasteiger partial charge in [-0.25, -0.2) is 0 Å². The van der Waals surface area contributed by atoms with E-state index in [1.54, 1.807) is 6.07 Å². The maximum absolute atomic E-state index is 12.4. The summed E-state index contributed by atoms with van der Waals surface area (Å²) < 4.78 is 34.2.